The van der Waals surface area contributed by atoms with E-state index in [0.29, 0.717) is 0 Å². The SMILES string of the molecule is CC(CCc1ccccc1)CC1CCOC1. The fourth-order valence-electron chi connectivity index (χ4n) is 2.51. The second-order valence-corrected chi connectivity index (χ2v) is 5.09. The van der Waals surface area contributed by atoms with Crippen molar-refractivity contribution in [2.24, 2.45) is 11.8 Å². The van der Waals surface area contributed by atoms with Gasteiger partial charge in [0.15, 0.2) is 0 Å². The molecule has 2 atom stereocenters. The van der Waals surface area contributed by atoms with Gasteiger partial charge in [-0.25, -0.2) is 0 Å². The van der Waals surface area contributed by atoms with Crippen LogP contribution in [0, 0.1) is 11.8 Å². The highest BCUT2D eigenvalue weighted by Gasteiger charge is 2.18. The molecule has 1 aliphatic heterocycles. The van der Waals surface area contributed by atoms with Crippen LogP contribution >= 0.6 is 0 Å². The van der Waals surface area contributed by atoms with Gasteiger partial charge < -0.3 is 4.74 Å². The molecule has 0 N–H and O–H groups in total. The summed E-state index contributed by atoms with van der Waals surface area (Å²) >= 11 is 0. The average molecular weight is 218 g/mol. The number of hydrogen-bond acceptors (Lipinski definition) is 1. The molecule has 1 heteroatoms. The molecular formula is C15H22O. The van der Waals surface area contributed by atoms with Crippen molar-refractivity contribution in [2.75, 3.05) is 13.2 Å². The summed E-state index contributed by atoms with van der Waals surface area (Å²) in [4.78, 5) is 0. The highest BCUT2D eigenvalue weighted by atomic mass is 16.5. The topological polar surface area (TPSA) is 9.23 Å². The molecule has 1 aliphatic rings. The molecule has 1 fully saturated rings. The molecule has 1 saturated heterocycles. The number of benzene rings is 1. The van der Waals surface area contributed by atoms with E-state index in [1.54, 1.807) is 0 Å². The van der Waals surface area contributed by atoms with Gasteiger partial charge >= 0.3 is 0 Å². The van der Waals surface area contributed by atoms with Crippen molar-refractivity contribution >= 4 is 0 Å². The zero-order chi connectivity index (χ0) is 11.2. The van der Waals surface area contributed by atoms with E-state index in [4.69, 9.17) is 4.74 Å². The Bertz CT molecular complexity index is 288. The van der Waals surface area contributed by atoms with Crippen molar-refractivity contribution in [2.45, 2.75) is 32.6 Å². The summed E-state index contributed by atoms with van der Waals surface area (Å²) in [5.41, 5.74) is 1.47. The first-order valence-corrected chi connectivity index (χ1v) is 6.46. The Hall–Kier alpha value is -0.820. The van der Waals surface area contributed by atoms with Crippen LogP contribution in [0.25, 0.3) is 0 Å². The maximum atomic E-state index is 5.42. The van der Waals surface area contributed by atoms with Gasteiger partial charge in [0, 0.05) is 13.2 Å². The van der Waals surface area contributed by atoms with Crippen molar-refractivity contribution in [1.82, 2.24) is 0 Å². The Kier molecular flexibility index (Phi) is 4.41. The molecule has 0 aromatic heterocycles. The van der Waals surface area contributed by atoms with Crippen LogP contribution < -0.4 is 0 Å². The monoisotopic (exact) mass is 218 g/mol. The van der Waals surface area contributed by atoms with Gasteiger partial charge in [0.05, 0.1) is 0 Å². The molecule has 0 aliphatic carbocycles. The van der Waals surface area contributed by atoms with Crippen LogP contribution in [0.5, 0.6) is 0 Å². The molecule has 88 valence electrons. The predicted molar refractivity (Wildman–Crippen MR) is 67.5 cm³/mol. The largest absolute Gasteiger partial charge is 0.381 e. The van der Waals surface area contributed by atoms with Crippen molar-refractivity contribution < 1.29 is 4.74 Å². The number of hydrogen-bond donors (Lipinski definition) is 0. The van der Waals surface area contributed by atoms with Crippen LogP contribution in [0.15, 0.2) is 30.3 Å². The Morgan fingerprint density at radius 3 is 2.81 bits per heavy atom. The lowest BCUT2D eigenvalue weighted by molar-refractivity contribution is 0.180. The Balaban J connectivity index is 1.69. The summed E-state index contributed by atoms with van der Waals surface area (Å²) in [6.45, 7) is 4.35. The molecule has 0 bridgehead atoms. The number of ether oxygens (including phenoxy) is 1. The summed E-state index contributed by atoms with van der Waals surface area (Å²) in [5.74, 6) is 1.65. The maximum Gasteiger partial charge on any atom is 0.0495 e. The van der Waals surface area contributed by atoms with E-state index < -0.39 is 0 Å². The lowest BCUT2D eigenvalue weighted by Crippen LogP contribution is -2.07. The van der Waals surface area contributed by atoms with Crippen LogP contribution in [-0.4, -0.2) is 13.2 Å². The van der Waals surface area contributed by atoms with Crippen LogP contribution in [-0.2, 0) is 11.2 Å². The summed E-state index contributed by atoms with van der Waals surface area (Å²) < 4.78 is 5.42. The first-order chi connectivity index (χ1) is 7.84. The van der Waals surface area contributed by atoms with E-state index in [-0.39, 0.29) is 0 Å². The molecule has 2 unspecified atom stereocenters. The maximum absolute atomic E-state index is 5.42. The van der Waals surface area contributed by atoms with E-state index >= 15 is 0 Å². The van der Waals surface area contributed by atoms with Gasteiger partial charge in [-0.2, -0.15) is 0 Å². The lowest BCUT2D eigenvalue weighted by Gasteiger charge is -2.15. The molecule has 1 heterocycles. The smallest absolute Gasteiger partial charge is 0.0495 e. The second-order valence-electron chi connectivity index (χ2n) is 5.09. The highest BCUT2D eigenvalue weighted by Crippen LogP contribution is 2.23. The third-order valence-corrected chi connectivity index (χ3v) is 3.53. The van der Waals surface area contributed by atoms with Crippen molar-refractivity contribution in [3.63, 3.8) is 0 Å². The van der Waals surface area contributed by atoms with Crippen LogP contribution in [0.1, 0.15) is 31.7 Å². The Labute approximate surface area is 98.8 Å². The van der Waals surface area contributed by atoms with Gasteiger partial charge in [-0.1, -0.05) is 37.3 Å². The zero-order valence-electron chi connectivity index (χ0n) is 10.2. The highest BCUT2D eigenvalue weighted by molar-refractivity contribution is 5.14. The molecule has 1 nitrogen and oxygen atoms in total. The van der Waals surface area contributed by atoms with Gasteiger partial charge in [0.1, 0.15) is 0 Å². The van der Waals surface area contributed by atoms with Crippen LogP contribution in [0.4, 0.5) is 0 Å². The summed E-state index contributed by atoms with van der Waals surface area (Å²) in [5, 5.41) is 0. The van der Waals surface area contributed by atoms with Crippen molar-refractivity contribution in [1.29, 1.82) is 0 Å². The van der Waals surface area contributed by atoms with E-state index in [0.717, 1.165) is 25.0 Å². The third-order valence-electron chi connectivity index (χ3n) is 3.53. The first-order valence-electron chi connectivity index (χ1n) is 6.46. The van der Waals surface area contributed by atoms with Crippen molar-refractivity contribution in [3.05, 3.63) is 35.9 Å². The molecule has 16 heavy (non-hydrogen) atoms. The molecule has 2 rings (SSSR count). The van der Waals surface area contributed by atoms with E-state index in [2.05, 4.69) is 37.3 Å². The van der Waals surface area contributed by atoms with Crippen LogP contribution in [0.3, 0.4) is 0 Å². The van der Waals surface area contributed by atoms with E-state index in [9.17, 15) is 0 Å². The lowest BCUT2D eigenvalue weighted by atomic mass is 9.91. The second kappa shape index (κ2) is 6.05. The minimum Gasteiger partial charge on any atom is -0.381 e. The average Bonchev–Trinajstić information content (AvgIpc) is 2.81. The van der Waals surface area contributed by atoms with E-state index in [1.807, 2.05) is 0 Å². The Morgan fingerprint density at radius 1 is 1.31 bits per heavy atom. The standard InChI is InChI=1S/C15H22O/c1-13(11-15-9-10-16-12-15)7-8-14-5-3-2-4-6-14/h2-6,13,15H,7-12H2,1H3. The molecule has 0 spiro atoms. The van der Waals surface area contributed by atoms with Gasteiger partial charge in [-0.05, 0) is 43.1 Å². The molecule has 0 amide bonds. The summed E-state index contributed by atoms with van der Waals surface area (Å²) in [7, 11) is 0. The number of aryl methyl sites for hydroxylation is 1. The van der Waals surface area contributed by atoms with Gasteiger partial charge in [-0.3, -0.25) is 0 Å². The van der Waals surface area contributed by atoms with Gasteiger partial charge in [-0.15, -0.1) is 0 Å². The summed E-state index contributed by atoms with van der Waals surface area (Å²) in [6, 6.07) is 10.8. The minimum atomic E-state index is 0.825. The van der Waals surface area contributed by atoms with Gasteiger partial charge in [0.2, 0.25) is 0 Å². The first kappa shape index (κ1) is 11.7. The Morgan fingerprint density at radius 2 is 2.12 bits per heavy atom. The predicted octanol–water partition coefficient (Wildman–Crippen LogP) is 3.68. The molecule has 1 aromatic rings. The zero-order valence-corrected chi connectivity index (χ0v) is 10.2. The molecule has 0 radical (unpaired) electrons. The minimum absolute atomic E-state index is 0.825. The quantitative estimate of drug-likeness (QED) is 0.732. The van der Waals surface area contributed by atoms with Crippen LogP contribution in [0.2, 0.25) is 0 Å². The molecule has 0 saturated carbocycles. The van der Waals surface area contributed by atoms with E-state index in [1.165, 1.54) is 31.2 Å². The fraction of sp³-hybridized carbons (Fsp3) is 0.600. The fourth-order valence-corrected chi connectivity index (χ4v) is 2.51. The summed E-state index contributed by atoms with van der Waals surface area (Å²) in [6.07, 6.45) is 5.14. The molecule has 1 aromatic carbocycles. The van der Waals surface area contributed by atoms with Gasteiger partial charge in [0.25, 0.3) is 0 Å². The molecular weight excluding hydrogens is 196 g/mol. The van der Waals surface area contributed by atoms with Crippen molar-refractivity contribution in [3.8, 4) is 0 Å². The number of rotatable bonds is 5. The third kappa shape index (κ3) is 3.64. The normalized spacial score (nSPS) is 22.2.